The van der Waals surface area contributed by atoms with E-state index in [1.165, 1.54) is 4.52 Å². The molecule has 4 aromatic rings. The van der Waals surface area contributed by atoms with Gasteiger partial charge in [-0.2, -0.15) is 9.78 Å². The zero-order valence-corrected chi connectivity index (χ0v) is 19.2. The number of hydrogen-bond donors (Lipinski definition) is 1. The first kappa shape index (κ1) is 21.4. The van der Waals surface area contributed by atoms with Crippen LogP contribution in [0.5, 0.6) is 0 Å². The number of likely N-dealkylation sites (tertiary alicyclic amines) is 1. The quantitative estimate of drug-likeness (QED) is 0.227. The molecule has 0 saturated carbocycles. The van der Waals surface area contributed by atoms with E-state index in [-0.39, 0.29) is 38.4 Å². The molecule has 0 radical (unpaired) electrons. The number of anilines is 1. The molecule has 2 atom stereocenters. The molecule has 8 nitrogen and oxygen atoms in total. The van der Waals surface area contributed by atoms with Crippen molar-refractivity contribution in [2.45, 2.75) is 22.8 Å². The normalized spacial score (nSPS) is 18.5. The third-order valence-corrected chi connectivity index (χ3v) is 7.03. The van der Waals surface area contributed by atoms with Gasteiger partial charge >= 0.3 is 0 Å². The van der Waals surface area contributed by atoms with Crippen molar-refractivity contribution in [2.24, 2.45) is 0 Å². The van der Waals surface area contributed by atoms with Crippen LogP contribution < -0.4 is 5.73 Å². The summed E-state index contributed by atoms with van der Waals surface area (Å²) in [4.78, 5) is 23.5. The first-order valence-electron chi connectivity index (χ1n) is 10.1. The molecule has 0 aliphatic carbocycles. The van der Waals surface area contributed by atoms with Crippen LogP contribution in [0.2, 0.25) is 0 Å². The van der Waals surface area contributed by atoms with Crippen molar-refractivity contribution in [3.05, 3.63) is 65.0 Å². The molecule has 1 saturated heterocycles. The summed E-state index contributed by atoms with van der Waals surface area (Å²) in [5.74, 6) is -1.54. The third kappa shape index (κ3) is 3.74. The molecule has 11 heteroatoms. The Morgan fingerprint density at radius 1 is 1.18 bits per heavy atom. The van der Waals surface area contributed by atoms with Gasteiger partial charge in [0.05, 0.1) is 21.1 Å². The first-order valence-corrected chi connectivity index (χ1v) is 11.4. The average molecular weight is 559 g/mol. The topological polar surface area (TPSA) is 113 Å². The summed E-state index contributed by atoms with van der Waals surface area (Å²) >= 11 is 2.24. The maximum atomic E-state index is 14.2. The van der Waals surface area contributed by atoms with Crippen LogP contribution in [0.1, 0.15) is 40.5 Å². The van der Waals surface area contributed by atoms with Crippen molar-refractivity contribution in [2.75, 3.05) is 12.3 Å². The van der Waals surface area contributed by atoms with Crippen LogP contribution in [0.15, 0.2) is 36.4 Å². The number of fused-ring (bicyclic) bond motifs is 3. The molecule has 5 rings (SSSR count). The van der Waals surface area contributed by atoms with Gasteiger partial charge in [-0.3, -0.25) is 4.79 Å². The van der Waals surface area contributed by atoms with E-state index in [2.05, 4.69) is 37.7 Å². The van der Waals surface area contributed by atoms with Crippen molar-refractivity contribution < 1.29 is 13.6 Å². The number of carbonyl (C=O) groups excluding carboxylic acids is 1. The molecule has 2 N–H and O–H groups in total. The molecule has 166 valence electrons. The van der Waals surface area contributed by atoms with Gasteiger partial charge in [-0.1, -0.05) is 22.6 Å². The summed E-state index contributed by atoms with van der Waals surface area (Å²) in [5.41, 5.74) is 7.08. The van der Waals surface area contributed by atoms with E-state index in [4.69, 9.17) is 11.0 Å². The second-order valence-corrected chi connectivity index (χ2v) is 9.25. The summed E-state index contributed by atoms with van der Waals surface area (Å²) in [7, 11) is 0. The predicted octanol–water partition coefficient (Wildman–Crippen LogP) is 3.79. The minimum absolute atomic E-state index is 0.0187. The number of benzene rings is 2. The van der Waals surface area contributed by atoms with Crippen LogP contribution in [-0.2, 0) is 0 Å². The number of aromatic nitrogens is 4. The van der Waals surface area contributed by atoms with E-state index in [9.17, 15) is 13.6 Å². The van der Waals surface area contributed by atoms with E-state index < -0.39 is 11.6 Å². The van der Waals surface area contributed by atoms with Crippen molar-refractivity contribution in [3.63, 3.8) is 0 Å². The SMILES string of the molecule is N#Cc1ccc(C(=O)N2C[C@H](c3nc4c5cc(F)cc(F)c5nc(N)n4n3)CC[C@@H]2I)cc1. The number of hydrogen-bond acceptors (Lipinski definition) is 6. The zero-order chi connectivity index (χ0) is 23.3. The molecular weight excluding hydrogens is 543 g/mol. The Morgan fingerprint density at radius 2 is 1.94 bits per heavy atom. The number of halogens is 3. The number of nitrogen functional groups attached to an aromatic ring is 1. The summed E-state index contributed by atoms with van der Waals surface area (Å²) in [6.45, 7) is 0.372. The van der Waals surface area contributed by atoms with Crippen LogP contribution in [0, 0.1) is 23.0 Å². The molecule has 2 aromatic heterocycles. The average Bonchev–Trinajstić information content (AvgIpc) is 3.26. The molecule has 1 amide bonds. The van der Waals surface area contributed by atoms with E-state index in [0.29, 0.717) is 23.5 Å². The summed E-state index contributed by atoms with van der Waals surface area (Å²) < 4.78 is 29.3. The third-order valence-electron chi connectivity index (χ3n) is 5.73. The van der Waals surface area contributed by atoms with Gasteiger partial charge < -0.3 is 10.6 Å². The number of rotatable bonds is 2. The Bertz CT molecular complexity index is 1450. The monoisotopic (exact) mass is 559 g/mol. The summed E-state index contributed by atoms with van der Waals surface area (Å²) in [6, 6.07) is 10.4. The maximum Gasteiger partial charge on any atom is 0.254 e. The van der Waals surface area contributed by atoms with E-state index >= 15 is 0 Å². The number of piperidine rings is 1. The van der Waals surface area contributed by atoms with Gasteiger partial charge in [0.2, 0.25) is 5.95 Å². The smallest absolute Gasteiger partial charge is 0.254 e. The lowest BCUT2D eigenvalue weighted by Gasteiger charge is -2.36. The van der Waals surface area contributed by atoms with Gasteiger partial charge in [-0.05, 0) is 43.2 Å². The highest BCUT2D eigenvalue weighted by atomic mass is 127. The Kier molecular flexibility index (Phi) is 5.32. The Labute approximate surface area is 200 Å². The molecule has 3 heterocycles. The fraction of sp³-hybridized carbons (Fsp3) is 0.227. The van der Waals surface area contributed by atoms with Crippen LogP contribution in [-0.4, -0.2) is 41.0 Å². The summed E-state index contributed by atoms with van der Waals surface area (Å²) in [5, 5.41) is 13.6. The van der Waals surface area contributed by atoms with Crippen LogP contribution in [0.4, 0.5) is 14.7 Å². The standard InChI is InChI=1S/C22H16F2IN7O/c23-14-7-15-18(16(24)8-14)28-22(27)32-20(15)29-19(30-32)13-5-6-17(25)31(10-13)21(33)12-3-1-11(9-26)2-4-12/h1-4,7-8,13,17H,5-6,10H2,(H2,27,28)/t13-,17-/m1/s1. The van der Waals surface area contributed by atoms with Crippen molar-refractivity contribution in [3.8, 4) is 6.07 Å². The van der Waals surface area contributed by atoms with Gasteiger partial charge in [0.1, 0.15) is 11.3 Å². The molecular formula is C22H16F2IN7O. The lowest BCUT2D eigenvalue weighted by atomic mass is 9.96. The number of nitriles is 1. The molecule has 1 aliphatic rings. The minimum atomic E-state index is -0.826. The number of nitrogens with two attached hydrogens (primary N) is 1. The maximum absolute atomic E-state index is 14.2. The van der Waals surface area contributed by atoms with Crippen LogP contribution in [0.3, 0.4) is 0 Å². The highest BCUT2D eigenvalue weighted by Gasteiger charge is 2.33. The highest BCUT2D eigenvalue weighted by Crippen LogP contribution is 2.33. The number of nitrogens with zero attached hydrogens (tertiary/aromatic N) is 6. The molecule has 1 aliphatic heterocycles. The van der Waals surface area contributed by atoms with E-state index in [1.54, 1.807) is 29.2 Å². The van der Waals surface area contributed by atoms with Crippen LogP contribution >= 0.6 is 22.6 Å². The Hall–Kier alpha value is -3.40. The Morgan fingerprint density at radius 3 is 2.67 bits per heavy atom. The first-order chi connectivity index (χ1) is 15.9. The van der Waals surface area contributed by atoms with Crippen molar-refractivity contribution >= 4 is 51.0 Å². The van der Waals surface area contributed by atoms with Crippen LogP contribution in [0.25, 0.3) is 16.6 Å². The van der Waals surface area contributed by atoms with Crippen molar-refractivity contribution in [1.29, 1.82) is 5.26 Å². The molecule has 0 unspecified atom stereocenters. The van der Waals surface area contributed by atoms with E-state index in [0.717, 1.165) is 25.0 Å². The summed E-state index contributed by atoms with van der Waals surface area (Å²) in [6.07, 6.45) is 1.45. The van der Waals surface area contributed by atoms with Gasteiger partial charge in [-0.15, -0.1) is 5.10 Å². The molecule has 1 fully saturated rings. The predicted molar refractivity (Wildman–Crippen MR) is 125 cm³/mol. The fourth-order valence-corrected chi connectivity index (χ4v) is 4.90. The van der Waals surface area contributed by atoms with Gasteiger partial charge in [-0.25, -0.2) is 18.7 Å². The highest BCUT2D eigenvalue weighted by molar-refractivity contribution is 14.1. The van der Waals surface area contributed by atoms with Gasteiger partial charge in [0, 0.05) is 24.1 Å². The second kappa shape index (κ2) is 8.18. The Balaban J connectivity index is 1.50. The molecule has 33 heavy (non-hydrogen) atoms. The lowest BCUT2D eigenvalue weighted by molar-refractivity contribution is 0.0689. The minimum Gasteiger partial charge on any atom is -0.368 e. The second-order valence-electron chi connectivity index (χ2n) is 7.81. The van der Waals surface area contributed by atoms with Gasteiger partial charge in [0.15, 0.2) is 17.3 Å². The number of alkyl halides is 1. The fourth-order valence-electron chi connectivity index (χ4n) is 4.06. The zero-order valence-electron chi connectivity index (χ0n) is 17.0. The molecule has 0 spiro atoms. The molecule has 2 aromatic carbocycles. The van der Waals surface area contributed by atoms with E-state index in [1.807, 2.05) is 6.07 Å². The molecule has 0 bridgehead atoms. The number of carbonyl (C=O) groups is 1. The lowest BCUT2D eigenvalue weighted by Crippen LogP contribution is -2.43. The van der Waals surface area contributed by atoms with Crippen molar-refractivity contribution in [1.82, 2.24) is 24.5 Å². The largest absolute Gasteiger partial charge is 0.368 e. The van der Waals surface area contributed by atoms with Gasteiger partial charge in [0.25, 0.3) is 5.91 Å². The number of amides is 1.